The Morgan fingerprint density at radius 2 is 1.00 bits per heavy atom. The van der Waals surface area contributed by atoms with Crippen LogP contribution in [0.15, 0.2) is 54.6 Å². The number of alkyl carbamates (subject to hydrolysis) is 2. The van der Waals surface area contributed by atoms with Crippen molar-refractivity contribution in [3.05, 3.63) is 93.5 Å². The Labute approximate surface area is 359 Å². The zero-order valence-corrected chi connectivity index (χ0v) is 37.3. The van der Waals surface area contributed by atoms with Crippen molar-refractivity contribution in [1.82, 2.24) is 10.6 Å². The topological polar surface area (TPSA) is 177 Å². The van der Waals surface area contributed by atoms with E-state index < -0.39 is 23.4 Å². The number of aryl methyl sites for hydroxylation is 2. The number of carbonyl (C=O) groups is 2. The molecule has 0 bridgehead atoms. The predicted molar refractivity (Wildman–Crippen MR) is 239 cm³/mol. The normalized spacial score (nSPS) is 11.6. The summed E-state index contributed by atoms with van der Waals surface area (Å²) in [5.74, 6) is 1.60. The van der Waals surface area contributed by atoms with Crippen molar-refractivity contribution >= 4 is 12.2 Å². The number of benzene rings is 3. The second-order valence-corrected chi connectivity index (χ2v) is 17.1. The number of ether oxygens (including phenoxy) is 5. The number of hydrogen-bond donors (Lipinski definition) is 5. The van der Waals surface area contributed by atoms with Crippen LogP contribution in [0.1, 0.15) is 113 Å². The van der Waals surface area contributed by atoms with Crippen molar-refractivity contribution < 1.29 is 38.4 Å². The number of hydrogen-bond acceptors (Lipinski definition) is 10. The van der Waals surface area contributed by atoms with Crippen LogP contribution >= 0.6 is 0 Å². The Bertz CT molecular complexity index is 1620. The van der Waals surface area contributed by atoms with E-state index in [1.165, 1.54) is 11.1 Å². The van der Waals surface area contributed by atoms with Gasteiger partial charge in [0.25, 0.3) is 0 Å². The molecule has 7 N–H and O–H groups in total. The van der Waals surface area contributed by atoms with Crippen LogP contribution in [0.25, 0.3) is 0 Å². The van der Waals surface area contributed by atoms with E-state index in [0.29, 0.717) is 83.9 Å². The van der Waals surface area contributed by atoms with E-state index in [1.807, 2.05) is 59.7 Å². The second-order valence-electron chi connectivity index (χ2n) is 17.1. The van der Waals surface area contributed by atoms with Gasteiger partial charge >= 0.3 is 12.2 Å². The lowest BCUT2D eigenvalue weighted by molar-refractivity contribution is 0.0517. The molecule has 0 aromatic heterocycles. The fourth-order valence-corrected chi connectivity index (χ4v) is 6.72. The molecular weight excluding hydrogens is 761 g/mol. The van der Waals surface area contributed by atoms with Crippen LogP contribution in [0.3, 0.4) is 0 Å². The molecule has 0 fully saturated rings. The SMILES string of the molecule is CC(C)(C)OC(=O)NCCc1cc(CCc2cc(CCN)c(OCCCCCCOCc3ccccc3)c(CCN)c2)cc(CCNC(=O)OC(C)(C)C)c1OCCCO. The van der Waals surface area contributed by atoms with E-state index in [2.05, 4.69) is 47.0 Å². The fourth-order valence-electron chi connectivity index (χ4n) is 6.72. The number of unbranched alkanes of at least 4 members (excludes halogenated alkanes) is 3. The highest BCUT2D eigenvalue weighted by Crippen LogP contribution is 2.31. The highest BCUT2D eigenvalue weighted by molar-refractivity contribution is 5.68. The summed E-state index contributed by atoms with van der Waals surface area (Å²) in [6.07, 6.45) is 7.48. The monoisotopic (exact) mass is 835 g/mol. The molecule has 2 amide bonds. The van der Waals surface area contributed by atoms with Crippen LogP contribution in [0, 0.1) is 0 Å². The number of nitrogens with one attached hydrogen (secondary N) is 2. The minimum atomic E-state index is -0.617. The maximum absolute atomic E-state index is 12.5. The summed E-state index contributed by atoms with van der Waals surface area (Å²) in [6, 6.07) is 18.9. The van der Waals surface area contributed by atoms with Gasteiger partial charge in [-0.1, -0.05) is 61.0 Å². The lowest BCUT2D eigenvalue weighted by Crippen LogP contribution is -2.34. The minimum absolute atomic E-state index is 0.00296. The van der Waals surface area contributed by atoms with Crippen LogP contribution in [-0.4, -0.2) is 81.1 Å². The van der Waals surface area contributed by atoms with Crippen molar-refractivity contribution in [3.8, 4) is 11.5 Å². The zero-order valence-electron chi connectivity index (χ0n) is 37.3. The van der Waals surface area contributed by atoms with E-state index in [0.717, 1.165) is 78.7 Å². The Morgan fingerprint density at radius 1 is 0.567 bits per heavy atom. The van der Waals surface area contributed by atoms with Gasteiger partial charge in [0, 0.05) is 32.7 Å². The summed E-state index contributed by atoms with van der Waals surface area (Å²) < 4.78 is 29.5. The first kappa shape index (κ1) is 50.0. The van der Waals surface area contributed by atoms with E-state index >= 15 is 0 Å². The van der Waals surface area contributed by atoms with Gasteiger partial charge in [0.15, 0.2) is 0 Å². The highest BCUT2D eigenvalue weighted by atomic mass is 16.6. The van der Waals surface area contributed by atoms with Gasteiger partial charge in [0.2, 0.25) is 0 Å². The van der Waals surface area contributed by atoms with Gasteiger partial charge in [-0.15, -0.1) is 0 Å². The van der Waals surface area contributed by atoms with Crippen LogP contribution in [-0.2, 0) is 59.3 Å². The third-order valence-electron chi connectivity index (χ3n) is 9.35. The molecule has 334 valence electrons. The predicted octanol–water partition coefficient (Wildman–Crippen LogP) is 7.53. The Hall–Kier alpha value is -4.36. The Morgan fingerprint density at radius 3 is 1.43 bits per heavy atom. The van der Waals surface area contributed by atoms with E-state index in [4.69, 9.17) is 35.2 Å². The molecular formula is C48H74N4O8. The van der Waals surface area contributed by atoms with E-state index in [-0.39, 0.29) is 6.61 Å². The molecule has 0 aliphatic rings. The van der Waals surface area contributed by atoms with Crippen molar-refractivity contribution in [2.75, 3.05) is 52.6 Å². The van der Waals surface area contributed by atoms with Gasteiger partial charge in [0.1, 0.15) is 22.7 Å². The molecule has 0 radical (unpaired) electrons. The first-order chi connectivity index (χ1) is 28.7. The molecule has 0 aliphatic carbocycles. The van der Waals surface area contributed by atoms with Gasteiger partial charge in [-0.05, 0) is 151 Å². The van der Waals surface area contributed by atoms with E-state index in [1.54, 1.807) is 0 Å². The van der Waals surface area contributed by atoms with Crippen LogP contribution in [0.4, 0.5) is 9.59 Å². The number of aliphatic hydroxyl groups is 1. The summed E-state index contributed by atoms with van der Waals surface area (Å²) in [6.45, 7) is 15.0. The van der Waals surface area contributed by atoms with Gasteiger partial charge in [-0.3, -0.25) is 0 Å². The molecule has 12 heteroatoms. The number of amides is 2. The second kappa shape index (κ2) is 26.8. The summed E-state index contributed by atoms with van der Waals surface area (Å²) in [5, 5.41) is 15.3. The number of nitrogens with two attached hydrogens (primary N) is 2. The lowest BCUT2D eigenvalue weighted by Gasteiger charge is -2.21. The van der Waals surface area contributed by atoms with Crippen molar-refractivity contribution in [2.24, 2.45) is 11.5 Å². The molecule has 0 atom stereocenters. The fraction of sp³-hybridized carbons (Fsp3) is 0.583. The summed E-state index contributed by atoms with van der Waals surface area (Å²) >= 11 is 0. The van der Waals surface area contributed by atoms with Gasteiger partial charge in [-0.25, -0.2) is 9.59 Å². The Kier molecular flexibility index (Phi) is 22.3. The molecule has 12 nitrogen and oxygen atoms in total. The molecule has 3 aromatic rings. The number of aliphatic hydroxyl groups excluding tert-OH is 1. The van der Waals surface area contributed by atoms with Gasteiger partial charge in [0.05, 0.1) is 19.8 Å². The highest BCUT2D eigenvalue weighted by Gasteiger charge is 2.20. The summed E-state index contributed by atoms with van der Waals surface area (Å²) in [4.78, 5) is 25.0. The molecule has 0 spiro atoms. The first-order valence-corrected chi connectivity index (χ1v) is 21.8. The van der Waals surface area contributed by atoms with Gasteiger partial charge in [-0.2, -0.15) is 0 Å². The summed E-state index contributed by atoms with van der Waals surface area (Å²) in [5.41, 5.74) is 18.5. The third kappa shape index (κ3) is 20.3. The minimum Gasteiger partial charge on any atom is -0.493 e. The maximum Gasteiger partial charge on any atom is 0.407 e. The van der Waals surface area contributed by atoms with Crippen LogP contribution in [0.5, 0.6) is 11.5 Å². The molecule has 0 saturated carbocycles. The van der Waals surface area contributed by atoms with Crippen molar-refractivity contribution in [2.45, 2.75) is 130 Å². The zero-order chi connectivity index (χ0) is 43.8. The standard InChI is InChI=1S/C48H74N4O8/c1-47(2,3)59-45(54)51-25-21-41-33-38(34-42(44(41)58-30-14-27-53)22-26-52-46(55)60-48(4,5)6)18-17-37-31-39(19-23-49)43(40(32-37)20-24-50)57-29-13-8-7-12-28-56-35-36-15-10-9-11-16-36/h9-11,15-16,31-34,53H,7-8,12-14,17-30,35,49-50H2,1-6H3,(H,51,54)(H,52,55). The smallest absolute Gasteiger partial charge is 0.407 e. The molecule has 0 unspecified atom stereocenters. The molecule has 0 saturated heterocycles. The molecule has 0 aliphatic heterocycles. The van der Waals surface area contributed by atoms with Crippen molar-refractivity contribution in [1.29, 1.82) is 0 Å². The largest absolute Gasteiger partial charge is 0.493 e. The average molecular weight is 835 g/mol. The Balaban J connectivity index is 1.76. The molecule has 60 heavy (non-hydrogen) atoms. The van der Waals surface area contributed by atoms with Crippen molar-refractivity contribution in [3.63, 3.8) is 0 Å². The first-order valence-electron chi connectivity index (χ1n) is 21.8. The quantitative estimate of drug-likeness (QED) is 0.0483. The molecule has 3 aromatic carbocycles. The summed E-state index contributed by atoms with van der Waals surface area (Å²) in [7, 11) is 0. The maximum atomic E-state index is 12.5. The average Bonchev–Trinajstić information content (AvgIpc) is 3.17. The third-order valence-corrected chi connectivity index (χ3v) is 9.35. The molecule has 3 rings (SSSR count). The van der Waals surface area contributed by atoms with Crippen LogP contribution in [0.2, 0.25) is 0 Å². The number of carbonyl (C=O) groups excluding carboxylic acids is 2. The number of rotatable bonds is 27. The molecule has 0 heterocycles. The lowest BCUT2D eigenvalue weighted by atomic mass is 9.93. The van der Waals surface area contributed by atoms with Crippen LogP contribution < -0.4 is 31.6 Å². The van der Waals surface area contributed by atoms with E-state index in [9.17, 15) is 14.7 Å². The van der Waals surface area contributed by atoms with Gasteiger partial charge < -0.3 is 50.9 Å².